The Balaban J connectivity index is 1.75. The number of carbonyl (C=O) groups is 1. The predicted octanol–water partition coefficient (Wildman–Crippen LogP) is 2.52. The molecule has 0 atom stereocenters. The average molecular weight is 298 g/mol. The maximum Gasteiger partial charge on any atom is 0.261 e. The number of rotatable bonds is 3. The molecular formula is C17H18N2O3. The van der Waals surface area contributed by atoms with Gasteiger partial charge in [-0.05, 0) is 44.0 Å². The van der Waals surface area contributed by atoms with Gasteiger partial charge < -0.3 is 14.4 Å². The highest BCUT2D eigenvalue weighted by atomic mass is 16.5. The van der Waals surface area contributed by atoms with Gasteiger partial charge in [-0.2, -0.15) is 0 Å². The number of nitrogens with zero attached hydrogens (tertiary/aromatic N) is 2. The largest absolute Gasteiger partial charge is 0.494 e. The normalized spacial score (nSPS) is 17.9. The molecule has 0 spiro atoms. The van der Waals surface area contributed by atoms with Crippen molar-refractivity contribution in [2.75, 3.05) is 13.2 Å². The highest BCUT2D eigenvalue weighted by Gasteiger charge is 2.35. The Bertz CT molecular complexity index is 740. The van der Waals surface area contributed by atoms with E-state index in [0.29, 0.717) is 25.1 Å². The van der Waals surface area contributed by atoms with Crippen molar-refractivity contribution in [2.24, 2.45) is 0 Å². The number of fused-ring (bicyclic) bond motifs is 2. The van der Waals surface area contributed by atoms with Crippen LogP contribution in [-0.4, -0.2) is 35.0 Å². The fraction of sp³-hybridized carbons (Fsp3) is 0.412. The molecule has 0 radical (unpaired) electrons. The van der Waals surface area contributed by atoms with Crippen LogP contribution in [0.4, 0.5) is 0 Å². The van der Waals surface area contributed by atoms with E-state index in [1.165, 1.54) is 0 Å². The van der Waals surface area contributed by atoms with Crippen molar-refractivity contribution in [1.29, 1.82) is 0 Å². The molecular weight excluding hydrogens is 280 g/mol. The van der Waals surface area contributed by atoms with Gasteiger partial charge in [0, 0.05) is 17.0 Å². The summed E-state index contributed by atoms with van der Waals surface area (Å²) >= 11 is 0. The third-order valence-electron chi connectivity index (χ3n) is 4.12. The zero-order chi connectivity index (χ0) is 15.1. The second kappa shape index (κ2) is 5.16. The number of ether oxygens (including phenoxy) is 2. The van der Waals surface area contributed by atoms with Gasteiger partial charge in [-0.3, -0.25) is 4.79 Å². The highest BCUT2D eigenvalue weighted by Crippen LogP contribution is 2.33. The summed E-state index contributed by atoms with van der Waals surface area (Å²) in [4.78, 5) is 18.6. The lowest BCUT2D eigenvalue weighted by atomic mass is 10.1. The molecule has 0 N–H and O–H groups in total. The minimum absolute atomic E-state index is 0.0551. The van der Waals surface area contributed by atoms with Gasteiger partial charge in [0.05, 0.1) is 18.7 Å². The Hall–Kier alpha value is -2.30. The summed E-state index contributed by atoms with van der Waals surface area (Å²) in [5.41, 5.74) is 1.83. The summed E-state index contributed by atoms with van der Waals surface area (Å²) in [7, 11) is 0. The first-order valence-corrected chi connectivity index (χ1v) is 7.73. The van der Waals surface area contributed by atoms with Crippen LogP contribution in [0.15, 0.2) is 24.3 Å². The Labute approximate surface area is 128 Å². The molecule has 0 unspecified atom stereocenters. The zero-order valence-corrected chi connectivity index (χ0v) is 12.5. The summed E-state index contributed by atoms with van der Waals surface area (Å²) in [5.74, 6) is 1.47. The molecule has 2 aliphatic rings. The first kappa shape index (κ1) is 13.4. The predicted molar refractivity (Wildman–Crippen MR) is 82.0 cm³/mol. The molecule has 5 heteroatoms. The van der Waals surface area contributed by atoms with E-state index in [-0.39, 0.29) is 12.5 Å². The van der Waals surface area contributed by atoms with Gasteiger partial charge in [-0.25, -0.2) is 4.98 Å². The van der Waals surface area contributed by atoms with Crippen molar-refractivity contribution in [2.45, 2.75) is 32.4 Å². The summed E-state index contributed by atoms with van der Waals surface area (Å²) in [6.07, 6.45) is 2.19. The molecule has 2 heterocycles. The van der Waals surface area contributed by atoms with Crippen LogP contribution in [0.5, 0.6) is 11.6 Å². The van der Waals surface area contributed by atoms with Crippen LogP contribution in [0.3, 0.4) is 0 Å². The molecule has 4 rings (SSSR count). The van der Waals surface area contributed by atoms with Gasteiger partial charge in [0.2, 0.25) is 5.88 Å². The van der Waals surface area contributed by atoms with Crippen LogP contribution in [0.25, 0.3) is 10.9 Å². The molecule has 0 saturated heterocycles. The highest BCUT2D eigenvalue weighted by molar-refractivity contribution is 5.83. The van der Waals surface area contributed by atoms with Crippen LogP contribution in [0, 0.1) is 0 Å². The fourth-order valence-corrected chi connectivity index (χ4v) is 2.88. The molecule has 1 aromatic heterocycles. The topological polar surface area (TPSA) is 51.7 Å². The summed E-state index contributed by atoms with van der Waals surface area (Å²) in [6.45, 7) is 3.27. The summed E-state index contributed by atoms with van der Waals surface area (Å²) in [6, 6.07) is 8.26. The van der Waals surface area contributed by atoms with Crippen molar-refractivity contribution in [1.82, 2.24) is 9.88 Å². The Kier molecular flexibility index (Phi) is 3.13. The molecule has 1 amide bonds. The van der Waals surface area contributed by atoms with Gasteiger partial charge in [0.15, 0.2) is 6.61 Å². The third kappa shape index (κ3) is 2.36. The lowest BCUT2D eigenvalue weighted by Gasteiger charge is -2.19. The SMILES string of the molecule is CCOc1ccc2nc3c(cc2c1)CN(C1CC1)C(=O)CO3. The minimum Gasteiger partial charge on any atom is -0.494 e. The minimum atomic E-state index is 0.0551. The van der Waals surface area contributed by atoms with Crippen LogP contribution in [-0.2, 0) is 11.3 Å². The number of amides is 1. The Morgan fingerprint density at radius 2 is 2.23 bits per heavy atom. The second-order valence-corrected chi connectivity index (χ2v) is 5.78. The van der Waals surface area contributed by atoms with E-state index in [0.717, 1.165) is 35.1 Å². The smallest absolute Gasteiger partial charge is 0.261 e. The van der Waals surface area contributed by atoms with Gasteiger partial charge in [-0.1, -0.05) is 0 Å². The standard InChI is InChI=1S/C17H18N2O3/c1-2-21-14-5-6-15-11(8-14)7-12-9-19(13-3-4-13)16(20)10-22-17(12)18-15/h5-8,13H,2-4,9-10H2,1H3. The molecule has 5 nitrogen and oxygen atoms in total. The molecule has 1 aliphatic heterocycles. The zero-order valence-electron chi connectivity index (χ0n) is 12.5. The van der Waals surface area contributed by atoms with Crippen LogP contribution >= 0.6 is 0 Å². The number of hydrogen-bond acceptors (Lipinski definition) is 4. The van der Waals surface area contributed by atoms with E-state index in [9.17, 15) is 4.79 Å². The van der Waals surface area contributed by atoms with E-state index in [2.05, 4.69) is 11.1 Å². The maximum absolute atomic E-state index is 12.2. The van der Waals surface area contributed by atoms with E-state index in [1.54, 1.807) is 0 Å². The van der Waals surface area contributed by atoms with E-state index in [1.807, 2.05) is 30.0 Å². The van der Waals surface area contributed by atoms with Crippen molar-refractivity contribution in [3.05, 3.63) is 29.8 Å². The molecule has 1 aromatic carbocycles. The van der Waals surface area contributed by atoms with Gasteiger partial charge in [-0.15, -0.1) is 0 Å². The number of pyridine rings is 1. The monoisotopic (exact) mass is 298 g/mol. The van der Waals surface area contributed by atoms with Crippen LogP contribution < -0.4 is 9.47 Å². The molecule has 1 fully saturated rings. The van der Waals surface area contributed by atoms with Crippen LogP contribution in [0.1, 0.15) is 25.3 Å². The second-order valence-electron chi connectivity index (χ2n) is 5.78. The number of aromatic nitrogens is 1. The average Bonchev–Trinajstić information content (AvgIpc) is 3.34. The molecule has 114 valence electrons. The van der Waals surface area contributed by atoms with Gasteiger partial charge >= 0.3 is 0 Å². The number of carbonyl (C=O) groups excluding carboxylic acids is 1. The third-order valence-corrected chi connectivity index (χ3v) is 4.12. The number of hydrogen-bond donors (Lipinski definition) is 0. The quantitative estimate of drug-likeness (QED) is 0.873. The van der Waals surface area contributed by atoms with Gasteiger partial charge in [0.25, 0.3) is 5.91 Å². The lowest BCUT2D eigenvalue weighted by molar-refractivity contribution is -0.133. The first-order valence-electron chi connectivity index (χ1n) is 7.73. The van der Waals surface area contributed by atoms with Crippen molar-refractivity contribution in [3.63, 3.8) is 0 Å². The maximum atomic E-state index is 12.2. The van der Waals surface area contributed by atoms with Crippen LogP contribution in [0.2, 0.25) is 0 Å². The lowest BCUT2D eigenvalue weighted by Crippen LogP contribution is -2.34. The fourth-order valence-electron chi connectivity index (χ4n) is 2.88. The molecule has 1 saturated carbocycles. The van der Waals surface area contributed by atoms with E-state index < -0.39 is 0 Å². The van der Waals surface area contributed by atoms with Crippen molar-refractivity contribution < 1.29 is 14.3 Å². The van der Waals surface area contributed by atoms with E-state index >= 15 is 0 Å². The first-order chi connectivity index (χ1) is 10.7. The summed E-state index contributed by atoms with van der Waals surface area (Å²) < 4.78 is 11.2. The molecule has 2 aromatic rings. The molecule has 0 bridgehead atoms. The molecule has 1 aliphatic carbocycles. The Morgan fingerprint density at radius 3 is 3.00 bits per heavy atom. The Morgan fingerprint density at radius 1 is 1.36 bits per heavy atom. The van der Waals surface area contributed by atoms with E-state index in [4.69, 9.17) is 9.47 Å². The van der Waals surface area contributed by atoms with Crippen molar-refractivity contribution >= 4 is 16.8 Å². The summed E-state index contributed by atoms with van der Waals surface area (Å²) in [5, 5.41) is 1.01. The van der Waals surface area contributed by atoms with Crippen molar-refractivity contribution in [3.8, 4) is 11.6 Å². The number of benzene rings is 1. The molecule has 22 heavy (non-hydrogen) atoms. The van der Waals surface area contributed by atoms with Gasteiger partial charge in [0.1, 0.15) is 5.75 Å².